The van der Waals surface area contributed by atoms with Crippen LogP contribution in [0.15, 0.2) is 52.3 Å². The van der Waals surface area contributed by atoms with Crippen molar-refractivity contribution in [3.63, 3.8) is 0 Å². The van der Waals surface area contributed by atoms with E-state index in [1.807, 2.05) is 24.3 Å². The number of hydrogen-bond acceptors (Lipinski definition) is 2. The molecule has 0 fully saturated rings. The summed E-state index contributed by atoms with van der Waals surface area (Å²) in [4.78, 5) is 4.18. The van der Waals surface area contributed by atoms with E-state index < -0.39 is 0 Å². The third-order valence-electron chi connectivity index (χ3n) is 2.80. The molecule has 0 spiro atoms. The monoisotopic (exact) mass is 388 g/mol. The van der Waals surface area contributed by atoms with Gasteiger partial charge in [-0.3, -0.25) is 4.99 Å². The van der Waals surface area contributed by atoms with Crippen LogP contribution < -0.4 is 10.6 Å². The molecule has 0 aliphatic rings. The minimum atomic E-state index is 0. The fraction of sp³-hybridized carbons (Fsp3) is 0.357. The van der Waals surface area contributed by atoms with Gasteiger partial charge in [0.1, 0.15) is 5.76 Å². The zero-order valence-electron chi connectivity index (χ0n) is 11.6. The van der Waals surface area contributed by atoms with E-state index in [1.54, 1.807) is 13.3 Å². The molecule has 0 unspecified atom stereocenters. The Morgan fingerprint density at radius 2 is 1.95 bits per heavy atom. The van der Waals surface area contributed by atoms with Gasteiger partial charge in [-0.1, -0.05) is 0 Å². The highest BCUT2D eigenvalue weighted by Gasteiger charge is 1.99. The first-order valence-corrected chi connectivity index (χ1v) is 6.46. The van der Waals surface area contributed by atoms with Crippen LogP contribution in [-0.2, 0) is 13.0 Å². The molecule has 6 heteroatoms. The van der Waals surface area contributed by atoms with E-state index in [-0.39, 0.29) is 24.0 Å². The van der Waals surface area contributed by atoms with Crippen molar-refractivity contribution in [2.24, 2.45) is 4.99 Å². The number of halogens is 1. The predicted octanol–water partition coefficient (Wildman–Crippen LogP) is 2.11. The van der Waals surface area contributed by atoms with Crippen molar-refractivity contribution in [1.82, 2.24) is 15.2 Å². The van der Waals surface area contributed by atoms with E-state index in [1.165, 1.54) is 0 Å². The Hall–Kier alpha value is -1.44. The van der Waals surface area contributed by atoms with Gasteiger partial charge in [-0.15, -0.1) is 24.0 Å². The van der Waals surface area contributed by atoms with Gasteiger partial charge in [0.25, 0.3) is 0 Å². The molecule has 0 bridgehead atoms. The van der Waals surface area contributed by atoms with E-state index in [4.69, 9.17) is 4.42 Å². The van der Waals surface area contributed by atoms with Crippen LogP contribution in [0.2, 0.25) is 0 Å². The lowest BCUT2D eigenvalue weighted by Crippen LogP contribution is -2.39. The lowest BCUT2D eigenvalue weighted by atomic mass is 10.3. The Morgan fingerprint density at radius 1 is 1.20 bits per heavy atom. The normalized spacial score (nSPS) is 10.9. The van der Waals surface area contributed by atoms with Crippen molar-refractivity contribution in [3.05, 3.63) is 48.7 Å². The highest BCUT2D eigenvalue weighted by atomic mass is 127. The molecule has 0 saturated carbocycles. The molecule has 2 aromatic heterocycles. The molecule has 110 valence electrons. The summed E-state index contributed by atoms with van der Waals surface area (Å²) in [6.07, 6.45) is 6.65. The van der Waals surface area contributed by atoms with E-state index >= 15 is 0 Å². The number of aromatic nitrogens is 1. The summed E-state index contributed by atoms with van der Waals surface area (Å²) in [7, 11) is 1.78. The zero-order chi connectivity index (χ0) is 13.3. The Bertz CT molecular complexity index is 437. The van der Waals surface area contributed by atoms with Crippen LogP contribution in [0, 0.1) is 0 Å². The standard InChI is InChI=1S/C14H20N4O.HI/c1-15-14(16-7-6-13-5-4-12-19-13)17-8-11-18-9-2-3-10-18;/h2-5,9-10,12H,6-8,11H2,1H3,(H2,15,16,17);1H. The van der Waals surface area contributed by atoms with Crippen molar-refractivity contribution in [3.8, 4) is 0 Å². The van der Waals surface area contributed by atoms with Gasteiger partial charge in [0, 0.05) is 45.5 Å². The summed E-state index contributed by atoms with van der Waals surface area (Å²) < 4.78 is 7.40. The fourth-order valence-corrected chi connectivity index (χ4v) is 1.80. The van der Waals surface area contributed by atoms with Crippen molar-refractivity contribution in [2.75, 3.05) is 20.1 Å². The van der Waals surface area contributed by atoms with E-state index in [0.29, 0.717) is 0 Å². The third-order valence-corrected chi connectivity index (χ3v) is 2.80. The Morgan fingerprint density at radius 3 is 2.60 bits per heavy atom. The Balaban J connectivity index is 0.00000200. The van der Waals surface area contributed by atoms with Gasteiger partial charge >= 0.3 is 0 Å². The zero-order valence-corrected chi connectivity index (χ0v) is 13.9. The molecular weight excluding hydrogens is 367 g/mol. The largest absolute Gasteiger partial charge is 0.469 e. The molecule has 2 heterocycles. The highest BCUT2D eigenvalue weighted by Crippen LogP contribution is 1.99. The van der Waals surface area contributed by atoms with Crippen LogP contribution in [0.5, 0.6) is 0 Å². The smallest absolute Gasteiger partial charge is 0.191 e. The van der Waals surface area contributed by atoms with E-state index in [2.05, 4.69) is 32.6 Å². The van der Waals surface area contributed by atoms with Crippen molar-refractivity contribution < 1.29 is 4.42 Å². The van der Waals surface area contributed by atoms with Crippen LogP contribution in [0.1, 0.15) is 5.76 Å². The quantitative estimate of drug-likeness (QED) is 0.453. The molecule has 0 atom stereocenters. The van der Waals surface area contributed by atoms with Gasteiger partial charge in [0.2, 0.25) is 0 Å². The molecule has 0 aliphatic heterocycles. The molecule has 0 saturated heterocycles. The topological polar surface area (TPSA) is 54.5 Å². The van der Waals surface area contributed by atoms with Crippen LogP contribution in [-0.4, -0.2) is 30.7 Å². The van der Waals surface area contributed by atoms with Crippen LogP contribution in [0.25, 0.3) is 0 Å². The Labute approximate surface area is 136 Å². The van der Waals surface area contributed by atoms with Gasteiger partial charge in [-0.2, -0.15) is 0 Å². The Kier molecular flexibility index (Phi) is 7.86. The number of nitrogens with one attached hydrogen (secondary N) is 2. The summed E-state index contributed by atoms with van der Waals surface area (Å²) in [5, 5.41) is 6.53. The summed E-state index contributed by atoms with van der Waals surface area (Å²) in [5.41, 5.74) is 0. The molecule has 0 aromatic carbocycles. The third kappa shape index (κ3) is 5.68. The maximum Gasteiger partial charge on any atom is 0.191 e. The second-order valence-corrected chi connectivity index (χ2v) is 4.18. The van der Waals surface area contributed by atoms with Crippen LogP contribution in [0.3, 0.4) is 0 Å². The highest BCUT2D eigenvalue weighted by molar-refractivity contribution is 14.0. The molecule has 2 aromatic rings. The predicted molar refractivity (Wildman–Crippen MR) is 91.6 cm³/mol. The molecule has 2 rings (SSSR count). The molecule has 5 nitrogen and oxygen atoms in total. The number of hydrogen-bond donors (Lipinski definition) is 2. The summed E-state index contributed by atoms with van der Waals surface area (Å²) >= 11 is 0. The average molecular weight is 388 g/mol. The molecule has 2 N–H and O–H groups in total. The maximum atomic E-state index is 5.28. The van der Waals surface area contributed by atoms with Gasteiger partial charge < -0.3 is 19.6 Å². The maximum absolute atomic E-state index is 5.28. The van der Waals surface area contributed by atoms with Crippen molar-refractivity contribution >= 4 is 29.9 Å². The van der Waals surface area contributed by atoms with Gasteiger partial charge in [-0.25, -0.2) is 0 Å². The molecule has 0 radical (unpaired) electrons. The summed E-state index contributed by atoms with van der Waals surface area (Å²) in [6.45, 7) is 2.57. The number of nitrogens with zero attached hydrogens (tertiary/aromatic N) is 2. The van der Waals surface area contributed by atoms with Crippen LogP contribution in [0.4, 0.5) is 0 Å². The van der Waals surface area contributed by atoms with E-state index in [9.17, 15) is 0 Å². The lowest BCUT2D eigenvalue weighted by Gasteiger charge is -2.11. The first-order valence-electron chi connectivity index (χ1n) is 6.46. The number of rotatable bonds is 6. The van der Waals surface area contributed by atoms with Gasteiger partial charge in [0.15, 0.2) is 5.96 Å². The van der Waals surface area contributed by atoms with Gasteiger partial charge in [0.05, 0.1) is 6.26 Å². The second kappa shape index (κ2) is 9.46. The molecule has 0 aliphatic carbocycles. The first kappa shape index (κ1) is 16.6. The molecule has 20 heavy (non-hydrogen) atoms. The van der Waals surface area contributed by atoms with Gasteiger partial charge in [-0.05, 0) is 24.3 Å². The average Bonchev–Trinajstić information content (AvgIpc) is 3.10. The summed E-state index contributed by atoms with van der Waals surface area (Å²) in [5.74, 6) is 1.80. The number of aliphatic imine (C=N–C) groups is 1. The van der Waals surface area contributed by atoms with E-state index in [0.717, 1.165) is 37.8 Å². The first-order chi connectivity index (χ1) is 9.38. The number of guanidine groups is 1. The molecule has 0 amide bonds. The van der Waals surface area contributed by atoms with Crippen molar-refractivity contribution in [2.45, 2.75) is 13.0 Å². The lowest BCUT2D eigenvalue weighted by molar-refractivity contribution is 0.506. The van der Waals surface area contributed by atoms with Crippen molar-refractivity contribution in [1.29, 1.82) is 0 Å². The minimum absolute atomic E-state index is 0. The summed E-state index contributed by atoms with van der Waals surface area (Å²) in [6, 6.07) is 7.93. The number of furan rings is 1. The fourth-order valence-electron chi connectivity index (χ4n) is 1.80. The molecular formula is C14H21IN4O. The second-order valence-electron chi connectivity index (χ2n) is 4.18. The minimum Gasteiger partial charge on any atom is -0.469 e. The SMILES string of the molecule is CN=C(NCCc1ccco1)NCCn1cccc1.I. The van der Waals surface area contributed by atoms with Crippen LogP contribution >= 0.6 is 24.0 Å².